The van der Waals surface area contributed by atoms with Crippen molar-refractivity contribution < 1.29 is 19.1 Å². The minimum absolute atomic E-state index is 0.0568. The van der Waals surface area contributed by atoms with E-state index in [1.807, 2.05) is 45.9 Å². The van der Waals surface area contributed by atoms with E-state index in [1.54, 1.807) is 4.90 Å². The zero-order valence-electron chi connectivity index (χ0n) is 17.5. The first kappa shape index (κ1) is 22.5. The summed E-state index contributed by atoms with van der Waals surface area (Å²) >= 11 is 6.20. The van der Waals surface area contributed by atoms with E-state index in [-0.39, 0.29) is 18.1 Å². The van der Waals surface area contributed by atoms with Crippen LogP contribution in [-0.4, -0.2) is 60.2 Å². The molecule has 6 nitrogen and oxygen atoms in total. The van der Waals surface area contributed by atoms with Gasteiger partial charge in [-0.25, -0.2) is 4.79 Å². The molecule has 1 atom stereocenters. The zero-order chi connectivity index (χ0) is 20.9. The summed E-state index contributed by atoms with van der Waals surface area (Å²) in [6.45, 7) is 10.5. The molecule has 2 rings (SSSR count). The Balaban J connectivity index is 2.00. The van der Waals surface area contributed by atoms with Gasteiger partial charge in [-0.3, -0.25) is 9.69 Å². The van der Waals surface area contributed by atoms with Gasteiger partial charge < -0.3 is 14.4 Å². The molecule has 0 spiro atoms. The van der Waals surface area contributed by atoms with Crippen molar-refractivity contribution in [2.75, 3.05) is 26.7 Å². The van der Waals surface area contributed by atoms with Crippen LogP contribution in [0, 0.1) is 0 Å². The van der Waals surface area contributed by atoms with E-state index in [4.69, 9.17) is 21.1 Å². The molecule has 1 amide bonds. The average Bonchev–Trinajstić information content (AvgIpc) is 2.59. The first-order valence-corrected chi connectivity index (χ1v) is 10.0. The molecule has 156 valence electrons. The largest absolute Gasteiger partial charge is 0.469 e. The number of amides is 1. The molecule has 1 fully saturated rings. The van der Waals surface area contributed by atoms with Crippen molar-refractivity contribution in [3.8, 4) is 0 Å². The van der Waals surface area contributed by atoms with E-state index < -0.39 is 5.60 Å². The number of esters is 1. The third-order valence-corrected chi connectivity index (χ3v) is 4.96. The Labute approximate surface area is 172 Å². The smallest absolute Gasteiger partial charge is 0.410 e. The topological polar surface area (TPSA) is 59.1 Å². The highest BCUT2D eigenvalue weighted by atomic mass is 35.5. The third kappa shape index (κ3) is 6.67. The highest BCUT2D eigenvalue weighted by Crippen LogP contribution is 2.22. The molecule has 1 aliphatic heterocycles. The Morgan fingerprint density at radius 3 is 2.54 bits per heavy atom. The Morgan fingerprint density at radius 2 is 1.93 bits per heavy atom. The molecule has 0 N–H and O–H groups in total. The number of hydrogen-bond donors (Lipinski definition) is 0. The van der Waals surface area contributed by atoms with Gasteiger partial charge in [0.25, 0.3) is 0 Å². The maximum Gasteiger partial charge on any atom is 0.410 e. The number of piperazine rings is 1. The van der Waals surface area contributed by atoms with Crippen molar-refractivity contribution in [1.29, 1.82) is 0 Å². The summed E-state index contributed by atoms with van der Waals surface area (Å²) < 4.78 is 10.3. The van der Waals surface area contributed by atoms with Gasteiger partial charge in [0.15, 0.2) is 0 Å². The fourth-order valence-corrected chi connectivity index (χ4v) is 3.53. The molecular formula is C21H31ClN2O4. The number of aryl methyl sites for hydroxylation is 1. The first-order chi connectivity index (χ1) is 13.1. The molecule has 0 bridgehead atoms. The van der Waals surface area contributed by atoms with Crippen LogP contribution in [0.2, 0.25) is 5.02 Å². The second kappa shape index (κ2) is 9.61. The monoisotopic (exact) mass is 410 g/mol. The Morgan fingerprint density at radius 1 is 1.21 bits per heavy atom. The van der Waals surface area contributed by atoms with Crippen molar-refractivity contribution in [2.45, 2.75) is 58.7 Å². The second-order valence-corrected chi connectivity index (χ2v) is 8.68. The number of rotatable bonds is 5. The molecule has 0 aromatic heterocycles. The summed E-state index contributed by atoms with van der Waals surface area (Å²) in [5.74, 6) is -0.222. The lowest BCUT2D eigenvalue weighted by molar-refractivity contribution is -0.140. The summed E-state index contributed by atoms with van der Waals surface area (Å²) in [6.07, 6.45) is 0.696. The predicted octanol–water partition coefficient (Wildman–Crippen LogP) is 3.89. The summed E-state index contributed by atoms with van der Waals surface area (Å²) in [5.41, 5.74) is 1.70. The zero-order valence-corrected chi connectivity index (χ0v) is 18.2. The maximum atomic E-state index is 12.4. The Bertz CT molecular complexity index is 702. The summed E-state index contributed by atoms with van der Waals surface area (Å²) in [4.78, 5) is 28.0. The van der Waals surface area contributed by atoms with Gasteiger partial charge >= 0.3 is 12.1 Å². The van der Waals surface area contributed by atoms with Gasteiger partial charge in [-0.2, -0.15) is 0 Å². The van der Waals surface area contributed by atoms with Gasteiger partial charge in [0.2, 0.25) is 0 Å². The molecule has 0 saturated carbocycles. The molecular weight excluding hydrogens is 380 g/mol. The number of nitrogens with zero attached hydrogens (tertiary/aromatic N) is 2. The van der Waals surface area contributed by atoms with Crippen LogP contribution in [0.4, 0.5) is 4.79 Å². The quantitative estimate of drug-likeness (QED) is 0.689. The molecule has 1 aromatic rings. The number of halogens is 1. The molecule has 0 aliphatic carbocycles. The van der Waals surface area contributed by atoms with E-state index in [0.29, 0.717) is 24.4 Å². The van der Waals surface area contributed by atoms with Crippen LogP contribution >= 0.6 is 11.6 Å². The van der Waals surface area contributed by atoms with Crippen LogP contribution in [0.25, 0.3) is 0 Å². The van der Waals surface area contributed by atoms with Crippen molar-refractivity contribution in [3.05, 3.63) is 34.3 Å². The number of benzene rings is 1. The molecule has 1 saturated heterocycles. The molecule has 1 aromatic carbocycles. The standard InChI is InChI=1S/C21H31ClN2O4/c1-15-13-23(10-11-24(15)20(26)28-21(2,3)4)14-17-12-18(22)8-6-16(17)7-9-19(25)27-5/h6,8,12,15H,7,9-11,13-14H2,1-5H3/t15-/m0/s1. The van der Waals surface area contributed by atoms with E-state index >= 15 is 0 Å². The van der Waals surface area contributed by atoms with E-state index in [0.717, 1.165) is 30.8 Å². The van der Waals surface area contributed by atoms with Crippen LogP contribution in [0.15, 0.2) is 18.2 Å². The molecule has 1 aliphatic rings. The minimum Gasteiger partial charge on any atom is -0.469 e. The van der Waals surface area contributed by atoms with E-state index in [2.05, 4.69) is 4.90 Å². The molecule has 0 radical (unpaired) electrons. The summed E-state index contributed by atoms with van der Waals surface area (Å²) in [5, 5.41) is 0.678. The second-order valence-electron chi connectivity index (χ2n) is 8.25. The Kier molecular flexibility index (Phi) is 7.72. The fraction of sp³-hybridized carbons (Fsp3) is 0.619. The van der Waals surface area contributed by atoms with Gasteiger partial charge in [0.1, 0.15) is 5.60 Å². The van der Waals surface area contributed by atoms with E-state index in [9.17, 15) is 9.59 Å². The lowest BCUT2D eigenvalue weighted by Crippen LogP contribution is -2.54. The third-order valence-electron chi connectivity index (χ3n) is 4.73. The van der Waals surface area contributed by atoms with Crippen LogP contribution in [0.5, 0.6) is 0 Å². The number of carbonyl (C=O) groups is 2. The summed E-state index contributed by atoms with van der Waals surface area (Å²) in [7, 11) is 1.40. The van der Waals surface area contributed by atoms with Crippen LogP contribution in [0.3, 0.4) is 0 Å². The van der Waals surface area contributed by atoms with Crippen LogP contribution in [-0.2, 0) is 27.2 Å². The number of methoxy groups -OCH3 is 1. The minimum atomic E-state index is -0.497. The molecule has 28 heavy (non-hydrogen) atoms. The summed E-state index contributed by atoms with van der Waals surface area (Å²) in [6, 6.07) is 5.84. The Hall–Kier alpha value is -1.79. The van der Waals surface area contributed by atoms with Gasteiger partial charge in [-0.15, -0.1) is 0 Å². The van der Waals surface area contributed by atoms with Crippen molar-refractivity contribution >= 4 is 23.7 Å². The highest BCUT2D eigenvalue weighted by molar-refractivity contribution is 6.30. The van der Waals surface area contributed by atoms with E-state index in [1.165, 1.54) is 7.11 Å². The van der Waals surface area contributed by atoms with Gasteiger partial charge in [0.05, 0.1) is 7.11 Å². The first-order valence-electron chi connectivity index (χ1n) is 9.65. The molecule has 7 heteroatoms. The van der Waals surface area contributed by atoms with Gasteiger partial charge in [-0.1, -0.05) is 17.7 Å². The van der Waals surface area contributed by atoms with Crippen LogP contribution in [0.1, 0.15) is 45.2 Å². The normalized spacial score (nSPS) is 18.1. The van der Waals surface area contributed by atoms with Crippen molar-refractivity contribution in [1.82, 2.24) is 9.80 Å². The van der Waals surface area contributed by atoms with Crippen molar-refractivity contribution in [2.24, 2.45) is 0 Å². The number of hydrogen-bond acceptors (Lipinski definition) is 5. The number of ether oxygens (including phenoxy) is 2. The number of carbonyl (C=O) groups excluding carboxylic acids is 2. The van der Waals surface area contributed by atoms with Crippen molar-refractivity contribution in [3.63, 3.8) is 0 Å². The molecule has 1 heterocycles. The lowest BCUT2D eigenvalue weighted by Gasteiger charge is -2.40. The molecule has 0 unspecified atom stereocenters. The maximum absolute atomic E-state index is 12.4. The lowest BCUT2D eigenvalue weighted by atomic mass is 10.0. The van der Waals surface area contributed by atoms with Gasteiger partial charge in [0, 0.05) is 43.7 Å². The van der Waals surface area contributed by atoms with Gasteiger partial charge in [-0.05, 0) is 57.4 Å². The SMILES string of the molecule is COC(=O)CCc1ccc(Cl)cc1CN1CCN(C(=O)OC(C)(C)C)[C@@H](C)C1. The highest BCUT2D eigenvalue weighted by Gasteiger charge is 2.31. The predicted molar refractivity (Wildman–Crippen MR) is 109 cm³/mol. The van der Waals surface area contributed by atoms with Crippen LogP contribution < -0.4 is 0 Å². The fourth-order valence-electron chi connectivity index (χ4n) is 3.33. The average molecular weight is 411 g/mol.